The van der Waals surface area contributed by atoms with Crippen LogP contribution in [0.4, 0.5) is 5.69 Å². The first-order valence-electron chi connectivity index (χ1n) is 18.0. The lowest BCUT2D eigenvalue weighted by atomic mass is 9.82. The fraction of sp³-hybridized carbons (Fsp3) is 0.234. The summed E-state index contributed by atoms with van der Waals surface area (Å²) in [6.07, 6.45) is 0. The number of benzene rings is 6. The van der Waals surface area contributed by atoms with Gasteiger partial charge in [0.1, 0.15) is 0 Å². The van der Waals surface area contributed by atoms with Crippen LogP contribution in [0.15, 0.2) is 127 Å². The van der Waals surface area contributed by atoms with Crippen molar-refractivity contribution >= 4 is 5.69 Å². The molecule has 0 bridgehead atoms. The fourth-order valence-electron chi connectivity index (χ4n) is 9.19. The third-order valence-corrected chi connectivity index (χ3v) is 12.0. The van der Waals surface area contributed by atoms with Crippen molar-refractivity contribution in [1.29, 1.82) is 0 Å². The highest BCUT2D eigenvalue weighted by Crippen LogP contribution is 2.51. The van der Waals surface area contributed by atoms with E-state index in [9.17, 15) is 0 Å². The molecule has 2 N–H and O–H groups in total. The zero-order valence-electron chi connectivity index (χ0n) is 30.0. The van der Waals surface area contributed by atoms with Gasteiger partial charge < -0.3 is 0 Å². The van der Waals surface area contributed by atoms with Gasteiger partial charge in [-0.15, -0.1) is 0 Å². The van der Waals surface area contributed by atoms with Crippen LogP contribution in [0.25, 0.3) is 33.4 Å². The van der Waals surface area contributed by atoms with Gasteiger partial charge >= 0.3 is 0 Å². The van der Waals surface area contributed by atoms with Gasteiger partial charge in [-0.3, -0.25) is 5.01 Å². The summed E-state index contributed by atoms with van der Waals surface area (Å²) in [4.78, 5) is 0. The van der Waals surface area contributed by atoms with Crippen LogP contribution in [0.5, 0.6) is 0 Å². The van der Waals surface area contributed by atoms with Crippen LogP contribution in [0.2, 0.25) is 0 Å². The molecule has 6 aromatic rings. The summed E-state index contributed by atoms with van der Waals surface area (Å²) in [5, 5.41) is 2.28. The summed E-state index contributed by atoms with van der Waals surface area (Å²) in [6.45, 7) is 15.5. The molecule has 3 aliphatic rings. The second-order valence-corrected chi connectivity index (χ2v) is 16.1. The molecule has 0 saturated carbocycles. The molecule has 248 valence electrons. The van der Waals surface area contributed by atoms with Crippen LogP contribution >= 0.6 is 0 Å². The topological polar surface area (TPSA) is 27.3 Å². The number of anilines is 1. The van der Waals surface area contributed by atoms with Crippen molar-refractivity contribution in [1.82, 2.24) is 11.0 Å². The van der Waals surface area contributed by atoms with E-state index in [1.54, 1.807) is 0 Å². The van der Waals surface area contributed by atoms with E-state index in [1.807, 2.05) is 0 Å². The Morgan fingerprint density at radius 2 is 0.820 bits per heavy atom. The molecular weight excluding hydrogens is 607 g/mol. The molecule has 0 atom stereocenters. The minimum Gasteiger partial charge on any atom is -0.291 e. The molecule has 0 heterocycles. The van der Waals surface area contributed by atoms with Gasteiger partial charge in [-0.25, -0.2) is 5.43 Å². The Hall–Kier alpha value is -4.96. The van der Waals surface area contributed by atoms with E-state index in [0.29, 0.717) is 13.1 Å². The average Bonchev–Trinajstić information content (AvgIpc) is 3.60. The Labute approximate surface area is 297 Å². The smallest absolute Gasteiger partial charge is 0.0608 e. The maximum absolute atomic E-state index is 3.67. The first-order valence-corrected chi connectivity index (χ1v) is 18.0. The standard InChI is InChI=1S/C47H45N3/c1-45(2)39-16-10-7-13-33(39)36-22-19-30(25-42(36)45)28-48-49-50(32-21-24-38-35-15-9-12-18-41(35)47(5,6)44(38)27-32)29-31-20-23-37-34-14-8-11-17-40(34)46(3,4)43(37)26-31/h7-27,48-49H,28-29H2,1-6H3. The van der Waals surface area contributed by atoms with Gasteiger partial charge in [0.2, 0.25) is 0 Å². The molecule has 0 saturated heterocycles. The van der Waals surface area contributed by atoms with Crippen molar-refractivity contribution in [2.45, 2.75) is 70.9 Å². The summed E-state index contributed by atoms with van der Waals surface area (Å²) in [5.74, 6) is 0. The third kappa shape index (κ3) is 4.57. The van der Waals surface area contributed by atoms with Crippen molar-refractivity contribution in [2.75, 3.05) is 5.01 Å². The number of hydrogen-bond donors (Lipinski definition) is 2. The minimum atomic E-state index is -0.0702. The molecule has 3 aliphatic carbocycles. The van der Waals surface area contributed by atoms with E-state index in [4.69, 9.17) is 0 Å². The largest absolute Gasteiger partial charge is 0.291 e. The summed E-state index contributed by atoms with van der Waals surface area (Å²) < 4.78 is 0. The third-order valence-electron chi connectivity index (χ3n) is 12.0. The Kier molecular flexibility index (Phi) is 6.84. The van der Waals surface area contributed by atoms with Gasteiger partial charge in [-0.1, -0.05) is 157 Å². The molecule has 0 fully saturated rings. The predicted octanol–water partition coefficient (Wildman–Crippen LogP) is 10.8. The molecular formula is C47H45N3. The van der Waals surface area contributed by atoms with Crippen LogP contribution < -0.4 is 16.0 Å². The van der Waals surface area contributed by atoms with E-state index >= 15 is 0 Å². The number of nitrogens with one attached hydrogen (secondary N) is 2. The van der Waals surface area contributed by atoms with Crippen LogP contribution in [0, 0.1) is 0 Å². The highest BCUT2D eigenvalue weighted by molar-refractivity contribution is 5.84. The lowest BCUT2D eigenvalue weighted by molar-refractivity contribution is 0.493. The average molecular weight is 652 g/mol. The molecule has 0 aromatic heterocycles. The van der Waals surface area contributed by atoms with Gasteiger partial charge in [-0.2, -0.15) is 5.53 Å². The SMILES string of the molecule is CC1(C)c2ccccc2-c2ccc(CNNN(Cc3ccc4c(c3)C(C)(C)c3ccccc3-4)c3ccc4c(c3)C(C)(C)c3ccccc3-4)cc21. The van der Waals surface area contributed by atoms with Gasteiger partial charge in [0.25, 0.3) is 0 Å². The zero-order chi connectivity index (χ0) is 34.4. The van der Waals surface area contributed by atoms with Crippen LogP contribution in [-0.4, -0.2) is 0 Å². The first kappa shape index (κ1) is 31.1. The molecule has 3 nitrogen and oxygen atoms in total. The monoisotopic (exact) mass is 651 g/mol. The molecule has 3 heteroatoms. The number of rotatable bonds is 7. The Morgan fingerprint density at radius 3 is 1.34 bits per heavy atom. The number of hydrazine groups is 2. The lowest BCUT2D eigenvalue weighted by Gasteiger charge is -2.29. The quantitative estimate of drug-likeness (QED) is 0.168. The minimum absolute atomic E-state index is 0.0167. The summed E-state index contributed by atoms with van der Waals surface area (Å²) in [7, 11) is 0. The summed E-state index contributed by atoms with van der Waals surface area (Å²) in [5.41, 5.74) is 27.3. The normalized spacial score (nSPS) is 16.2. The Bertz CT molecular complexity index is 2320. The maximum Gasteiger partial charge on any atom is 0.0608 e. The van der Waals surface area contributed by atoms with Gasteiger partial charge in [-0.05, 0) is 90.0 Å². The molecule has 9 rings (SSSR count). The van der Waals surface area contributed by atoms with E-state index < -0.39 is 0 Å². The Morgan fingerprint density at radius 1 is 0.420 bits per heavy atom. The number of nitrogens with zero attached hydrogens (tertiary/aromatic N) is 1. The van der Waals surface area contributed by atoms with E-state index in [2.05, 4.69) is 185 Å². The Balaban J connectivity index is 1.03. The molecule has 0 unspecified atom stereocenters. The van der Waals surface area contributed by atoms with Gasteiger partial charge in [0.15, 0.2) is 0 Å². The summed E-state index contributed by atoms with van der Waals surface area (Å²) >= 11 is 0. The van der Waals surface area contributed by atoms with Crippen molar-refractivity contribution < 1.29 is 0 Å². The number of hydrogen-bond acceptors (Lipinski definition) is 3. The van der Waals surface area contributed by atoms with Crippen molar-refractivity contribution in [3.8, 4) is 33.4 Å². The van der Waals surface area contributed by atoms with Crippen LogP contribution in [-0.2, 0) is 29.3 Å². The fourth-order valence-corrected chi connectivity index (χ4v) is 9.19. The van der Waals surface area contributed by atoms with E-state index in [-0.39, 0.29) is 16.2 Å². The zero-order valence-corrected chi connectivity index (χ0v) is 30.0. The molecule has 0 amide bonds. The lowest BCUT2D eigenvalue weighted by Crippen LogP contribution is -2.46. The molecule has 50 heavy (non-hydrogen) atoms. The van der Waals surface area contributed by atoms with Crippen molar-refractivity contribution in [3.63, 3.8) is 0 Å². The first-order chi connectivity index (χ1) is 24.0. The predicted molar refractivity (Wildman–Crippen MR) is 208 cm³/mol. The second kappa shape index (κ2) is 11.0. The molecule has 0 aliphatic heterocycles. The summed E-state index contributed by atoms with van der Waals surface area (Å²) in [6, 6.07) is 47.6. The van der Waals surface area contributed by atoms with Crippen molar-refractivity contribution in [2.24, 2.45) is 0 Å². The van der Waals surface area contributed by atoms with Crippen LogP contribution in [0.1, 0.15) is 86.1 Å². The van der Waals surface area contributed by atoms with Crippen molar-refractivity contribution in [3.05, 3.63) is 172 Å². The molecule has 0 radical (unpaired) electrons. The van der Waals surface area contributed by atoms with Gasteiger partial charge in [0.05, 0.1) is 12.2 Å². The maximum atomic E-state index is 3.67. The molecule has 0 spiro atoms. The number of fused-ring (bicyclic) bond motifs is 9. The molecule has 6 aromatic carbocycles. The van der Waals surface area contributed by atoms with E-state index in [1.165, 1.54) is 77.9 Å². The second-order valence-electron chi connectivity index (χ2n) is 16.1. The van der Waals surface area contributed by atoms with Gasteiger partial charge in [0, 0.05) is 22.8 Å². The van der Waals surface area contributed by atoms with E-state index in [0.717, 1.165) is 5.69 Å². The highest BCUT2D eigenvalue weighted by atomic mass is 15.7. The van der Waals surface area contributed by atoms with Crippen LogP contribution in [0.3, 0.4) is 0 Å². The highest BCUT2D eigenvalue weighted by Gasteiger charge is 2.38.